The number of benzene rings is 1. The fourth-order valence-electron chi connectivity index (χ4n) is 2.21. The Labute approximate surface area is 125 Å². The predicted octanol–water partition coefficient (Wildman–Crippen LogP) is 2.84. The van der Waals surface area contributed by atoms with Crippen molar-refractivity contribution in [1.82, 2.24) is 14.5 Å². The molecular formula is C14H15N3OS2. The van der Waals surface area contributed by atoms with Crippen molar-refractivity contribution in [2.24, 2.45) is 0 Å². The Morgan fingerprint density at radius 1 is 1.35 bits per heavy atom. The van der Waals surface area contributed by atoms with Crippen molar-refractivity contribution in [3.8, 4) is 0 Å². The number of aromatic nitrogens is 2. The first-order valence-corrected chi connectivity index (χ1v) is 7.59. The number of likely N-dealkylation sites (N-methyl/N-ethyl adjacent to an activating group) is 1. The Morgan fingerprint density at radius 2 is 2.10 bits per heavy atom. The topological polar surface area (TPSA) is 41.0 Å². The number of nitrogens with one attached hydrogen (secondary N) is 1. The smallest absolute Gasteiger partial charge is 0.272 e. The van der Waals surface area contributed by atoms with Crippen LogP contribution in [0, 0.1) is 4.77 Å². The number of aromatic amines is 1. The molecule has 0 aliphatic rings. The second-order valence-electron chi connectivity index (χ2n) is 4.99. The van der Waals surface area contributed by atoms with Crippen LogP contribution in [0.25, 0.3) is 20.3 Å². The van der Waals surface area contributed by atoms with E-state index >= 15 is 0 Å². The average molecular weight is 305 g/mol. The minimum absolute atomic E-state index is 0.00630. The normalized spacial score (nSPS) is 11.8. The van der Waals surface area contributed by atoms with Crippen molar-refractivity contribution in [2.75, 3.05) is 20.6 Å². The number of thiophene rings is 1. The van der Waals surface area contributed by atoms with E-state index in [-0.39, 0.29) is 5.56 Å². The molecule has 0 aliphatic heterocycles. The molecule has 3 rings (SSSR count). The van der Waals surface area contributed by atoms with Crippen molar-refractivity contribution >= 4 is 43.9 Å². The number of rotatable bonds is 3. The Balaban J connectivity index is 2.27. The van der Waals surface area contributed by atoms with E-state index in [1.807, 2.05) is 43.3 Å². The van der Waals surface area contributed by atoms with Crippen molar-refractivity contribution in [2.45, 2.75) is 6.54 Å². The number of H-pyrrole nitrogens is 1. The quantitative estimate of drug-likeness (QED) is 0.757. The zero-order valence-electron chi connectivity index (χ0n) is 11.3. The number of hydrogen-bond acceptors (Lipinski definition) is 4. The standard InChI is InChI=1S/C14H15N3OS2/c1-16(2)7-8-17-13(18)12-11(15-14(17)19)9-5-3-4-6-10(9)20-12/h3-6H,7-8H2,1-2H3,(H,15,19). The molecule has 0 aliphatic carbocycles. The summed E-state index contributed by atoms with van der Waals surface area (Å²) < 4.78 is 4.00. The van der Waals surface area contributed by atoms with E-state index in [9.17, 15) is 4.79 Å². The van der Waals surface area contributed by atoms with Gasteiger partial charge in [-0.05, 0) is 32.4 Å². The summed E-state index contributed by atoms with van der Waals surface area (Å²) in [6.07, 6.45) is 0. The van der Waals surface area contributed by atoms with E-state index < -0.39 is 0 Å². The minimum atomic E-state index is 0.00630. The van der Waals surface area contributed by atoms with E-state index in [2.05, 4.69) is 4.98 Å². The maximum absolute atomic E-state index is 12.6. The van der Waals surface area contributed by atoms with E-state index in [1.165, 1.54) is 11.3 Å². The highest BCUT2D eigenvalue weighted by Gasteiger charge is 2.11. The van der Waals surface area contributed by atoms with E-state index in [1.54, 1.807) is 4.57 Å². The monoisotopic (exact) mass is 305 g/mol. The number of fused-ring (bicyclic) bond motifs is 3. The molecule has 0 saturated heterocycles. The van der Waals surface area contributed by atoms with Crippen LogP contribution in [0.4, 0.5) is 0 Å². The largest absolute Gasteiger partial charge is 0.330 e. The Bertz CT molecular complexity index is 889. The molecule has 0 atom stereocenters. The van der Waals surface area contributed by atoms with E-state index in [4.69, 9.17) is 12.2 Å². The van der Waals surface area contributed by atoms with Crippen molar-refractivity contribution in [3.63, 3.8) is 0 Å². The van der Waals surface area contributed by atoms with E-state index in [0.29, 0.717) is 11.3 Å². The first-order chi connectivity index (χ1) is 9.58. The lowest BCUT2D eigenvalue weighted by Crippen LogP contribution is -2.27. The fraction of sp³-hybridized carbons (Fsp3) is 0.286. The van der Waals surface area contributed by atoms with Gasteiger partial charge in [-0.25, -0.2) is 0 Å². The number of hydrogen-bond donors (Lipinski definition) is 1. The van der Waals surface area contributed by atoms with Gasteiger partial charge in [0.25, 0.3) is 5.56 Å². The maximum atomic E-state index is 12.6. The van der Waals surface area contributed by atoms with Gasteiger partial charge in [-0.1, -0.05) is 18.2 Å². The van der Waals surface area contributed by atoms with Gasteiger partial charge in [-0.3, -0.25) is 9.36 Å². The second-order valence-corrected chi connectivity index (χ2v) is 6.43. The van der Waals surface area contributed by atoms with E-state index in [0.717, 1.165) is 26.8 Å². The first-order valence-electron chi connectivity index (χ1n) is 6.37. The molecule has 1 N–H and O–H groups in total. The molecule has 0 unspecified atom stereocenters. The molecule has 0 radical (unpaired) electrons. The molecular weight excluding hydrogens is 290 g/mol. The van der Waals surface area contributed by atoms with Gasteiger partial charge < -0.3 is 9.88 Å². The van der Waals surface area contributed by atoms with Crippen LogP contribution in [0.3, 0.4) is 0 Å². The molecule has 0 spiro atoms. The van der Waals surface area contributed by atoms with Crippen LogP contribution in [0.2, 0.25) is 0 Å². The Kier molecular flexibility index (Phi) is 3.45. The lowest BCUT2D eigenvalue weighted by atomic mass is 10.2. The second kappa shape index (κ2) is 5.12. The van der Waals surface area contributed by atoms with Crippen LogP contribution < -0.4 is 5.56 Å². The molecule has 3 aromatic rings. The van der Waals surface area contributed by atoms with Crippen molar-refractivity contribution < 1.29 is 0 Å². The van der Waals surface area contributed by atoms with Gasteiger partial charge in [0.2, 0.25) is 0 Å². The SMILES string of the molecule is CN(C)CCn1c(=S)[nH]c2c(sc3ccccc32)c1=O. The van der Waals surface area contributed by atoms with Gasteiger partial charge in [0.1, 0.15) is 4.70 Å². The fourth-order valence-corrected chi connectivity index (χ4v) is 3.60. The third-order valence-corrected chi connectivity index (χ3v) is 4.76. The van der Waals surface area contributed by atoms with Crippen LogP contribution >= 0.6 is 23.6 Å². The summed E-state index contributed by atoms with van der Waals surface area (Å²) >= 11 is 6.86. The van der Waals surface area contributed by atoms with Gasteiger partial charge >= 0.3 is 0 Å². The van der Waals surface area contributed by atoms with Crippen LogP contribution in [-0.2, 0) is 6.54 Å². The molecule has 20 heavy (non-hydrogen) atoms. The highest BCUT2D eigenvalue weighted by Crippen LogP contribution is 2.29. The lowest BCUT2D eigenvalue weighted by molar-refractivity contribution is 0.379. The summed E-state index contributed by atoms with van der Waals surface area (Å²) in [5.41, 5.74) is 0.869. The summed E-state index contributed by atoms with van der Waals surface area (Å²) in [4.78, 5) is 17.9. The number of nitrogens with zero attached hydrogens (tertiary/aromatic N) is 2. The highest BCUT2D eigenvalue weighted by atomic mass is 32.1. The van der Waals surface area contributed by atoms with Crippen molar-refractivity contribution in [1.29, 1.82) is 0 Å². The molecule has 2 heterocycles. The predicted molar refractivity (Wildman–Crippen MR) is 87.3 cm³/mol. The van der Waals surface area contributed by atoms with Crippen molar-refractivity contribution in [3.05, 3.63) is 39.4 Å². The zero-order chi connectivity index (χ0) is 14.3. The molecule has 0 saturated carbocycles. The molecule has 2 aromatic heterocycles. The average Bonchev–Trinajstić information content (AvgIpc) is 2.77. The van der Waals surface area contributed by atoms with Gasteiger partial charge in [0.05, 0.1) is 5.52 Å². The summed E-state index contributed by atoms with van der Waals surface area (Å²) in [6, 6.07) is 8.00. The molecule has 0 fully saturated rings. The summed E-state index contributed by atoms with van der Waals surface area (Å²) in [7, 11) is 3.96. The zero-order valence-corrected chi connectivity index (χ0v) is 13.0. The highest BCUT2D eigenvalue weighted by molar-refractivity contribution is 7.71. The summed E-state index contributed by atoms with van der Waals surface area (Å²) in [5.74, 6) is 0. The molecule has 4 nitrogen and oxygen atoms in total. The summed E-state index contributed by atoms with van der Waals surface area (Å²) in [5, 5.41) is 1.07. The van der Waals surface area contributed by atoms with Crippen LogP contribution in [0.1, 0.15) is 0 Å². The third kappa shape index (κ3) is 2.19. The van der Waals surface area contributed by atoms with Gasteiger partial charge in [0, 0.05) is 23.2 Å². The van der Waals surface area contributed by atoms with Crippen LogP contribution in [0.15, 0.2) is 29.1 Å². The Morgan fingerprint density at radius 3 is 2.85 bits per heavy atom. The van der Waals surface area contributed by atoms with Gasteiger partial charge in [-0.15, -0.1) is 11.3 Å². The molecule has 104 valence electrons. The lowest BCUT2D eigenvalue weighted by Gasteiger charge is -2.11. The molecule has 1 aromatic carbocycles. The van der Waals surface area contributed by atoms with Crippen LogP contribution in [0.5, 0.6) is 0 Å². The molecule has 6 heteroatoms. The maximum Gasteiger partial charge on any atom is 0.272 e. The minimum Gasteiger partial charge on any atom is -0.330 e. The molecule has 0 bridgehead atoms. The van der Waals surface area contributed by atoms with Gasteiger partial charge in [0.15, 0.2) is 4.77 Å². The van der Waals surface area contributed by atoms with Gasteiger partial charge in [-0.2, -0.15) is 0 Å². The van der Waals surface area contributed by atoms with Crippen LogP contribution in [-0.4, -0.2) is 35.1 Å². The Hall–Kier alpha value is -1.50. The third-order valence-electron chi connectivity index (χ3n) is 3.28. The molecule has 0 amide bonds. The summed E-state index contributed by atoms with van der Waals surface area (Å²) in [6.45, 7) is 1.39. The first kappa shape index (κ1) is 13.5.